The number of sulfonamides is 1. The summed E-state index contributed by atoms with van der Waals surface area (Å²) in [7, 11) is -2.62. The molecule has 0 radical (unpaired) electrons. The Kier molecular flexibility index (Phi) is 5.11. The first-order chi connectivity index (χ1) is 12.3. The summed E-state index contributed by atoms with van der Waals surface area (Å²) in [5.74, 6) is -0.126. The lowest BCUT2D eigenvalue weighted by Crippen LogP contribution is -2.27. The van der Waals surface area contributed by atoms with E-state index in [1.807, 2.05) is 0 Å². The number of nitrogens with one attached hydrogen (secondary N) is 2. The van der Waals surface area contributed by atoms with Gasteiger partial charge in [0, 0.05) is 11.1 Å². The van der Waals surface area contributed by atoms with Gasteiger partial charge < -0.3 is 10.1 Å². The molecule has 0 heterocycles. The van der Waals surface area contributed by atoms with Crippen molar-refractivity contribution in [1.82, 2.24) is 5.32 Å². The zero-order valence-electron chi connectivity index (χ0n) is 14.4. The molecular weight excluding hydrogens is 376 g/mol. The maximum Gasteiger partial charge on any atom is 0.265 e. The topological polar surface area (TPSA) is 84.5 Å². The Bertz CT molecular complexity index is 956. The molecule has 0 atom stereocenters. The molecule has 138 valence electrons. The fourth-order valence-corrected chi connectivity index (χ4v) is 3.95. The number of para-hydroxylation sites is 1. The van der Waals surface area contributed by atoms with Crippen molar-refractivity contribution in [3.8, 4) is 5.75 Å². The first-order valence-electron chi connectivity index (χ1n) is 8.08. The summed E-state index contributed by atoms with van der Waals surface area (Å²) in [6.07, 6.45) is 1.89. The largest absolute Gasteiger partial charge is 0.495 e. The molecule has 1 saturated carbocycles. The van der Waals surface area contributed by atoms with Crippen LogP contribution in [0.5, 0.6) is 5.75 Å². The summed E-state index contributed by atoms with van der Waals surface area (Å²) in [4.78, 5) is 12.3. The van der Waals surface area contributed by atoms with Gasteiger partial charge in [0.25, 0.3) is 15.9 Å². The Balaban J connectivity index is 1.96. The van der Waals surface area contributed by atoms with Crippen LogP contribution in [-0.2, 0) is 10.0 Å². The molecule has 1 amide bonds. The quantitative estimate of drug-likeness (QED) is 0.786. The average Bonchev–Trinajstić information content (AvgIpc) is 3.40. The SMILES string of the molecule is COc1cc(C)c(Cl)cc1S(=O)(=O)Nc1ccccc1C(=O)NC1CC1. The highest BCUT2D eigenvalue weighted by Crippen LogP contribution is 2.32. The van der Waals surface area contributed by atoms with Crippen LogP contribution in [0.4, 0.5) is 5.69 Å². The monoisotopic (exact) mass is 394 g/mol. The third-order valence-electron chi connectivity index (χ3n) is 4.06. The Morgan fingerprint density at radius 2 is 1.92 bits per heavy atom. The standard InChI is InChI=1S/C18H19ClN2O4S/c1-11-9-16(25-2)17(10-14(11)19)26(23,24)21-15-6-4-3-5-13(15)18(22)20-12-7-8-12/h3-6,9-10,12,21H,7-8H2,1-2H3,(H,20,22). The van der Waals surface area contributed by atoms with Crippen LogP contribution in [0.2, 0.25) is 5.02 Å². The Morgan fingerprint density at radius 1 is 1.23 bits per heavy atom. The minimum absolute atomic E-state index is 0.0898. The number of halogens is 1. The molecule has 6 nitrogen and oxygen atoms in total. The number of anilines is 1. The Morgan fingerprint density at radius 3 is 2.58 bits per heavy atom. The van der Waals surface area contributed by atoms with Gasteiger partial charge in [-0.3, -0.25) is 9.52 Å². The van der Waals surface area contributed by atoms with E-state index < -0.39 is 10.0 Å². The van der Waals surface area contributed by atoms with Crippen LogP contribution in [0.15, 0.2) is 41.3 Å². The van der Waals surface area contributed by atoms with Crippen LogP contribution in [0, 0.1) is 6.92 Å². The number of benzene rings is 2. The molecule has 0 aliphatic heterocycles. The number of ether oxygens (including phenoxy) is 1. The van der Waals surface area contributed by atoms with Crippen LogP contribution in [-0.4, -0.2) is 27.5 Å². The molecule has 26 heavy (non-hydrogen) atoms. The van der Waals surface area contributed by atoms with Crippen LogP contribution in [0.3, 0.4) is 0 Å². The van der Waals surface area contributed by atoms with E-state index in [1.54, 1.807) is 37.3 Å². The van der Waals surface area contributed by atoms with Crippen LogP contribution in [0.1, 0.15) is 28.8 Å². The van der Waals surface area contributed by atoms with E-state index in [0.717, 1.165) is 12.8 Å². The first-order valence-corrected chi connectivity index (χ1v) is 9.95. The summed E-state index contributed by atoms with van der Waals surface area (Å²) >= 11 is 6.09. The number of carbonyl (C=O) groups is 1. The predicted molar refractivity (Wildman–Crippen MR) is 100 cm³/mol. The van der Waals surface area contributed by atoms with Gasteiger partial charge >= 0.3 is 0 Å². The normalized spacial score (nSPS) is 14.0. The van der Waals surface area contributed by atoms with E-state index in [4.69, 9.17) is 16.3 Å². The average molecular weight is 395 g/mol. The second-order valence-corrected chi connectivity index (χ2v) is 8.21. The van der Waals surface area contributed by atoms with Crippen molar-refractivity contribution in [2.24, 2.45) is 0 Å². The molecule has 1 aliphatic rings. The lowest BCUT2D eigenvalue weighted by molar-refractivity contribution is 0.0952. The van der Waals surface area contributed by atoms with Gasteiger partial charge in [-0.2, -0.15) is 0 Å². The zero-order chi connectivity index (χ0) is 18.9. The number of aryl methyl sites for hydroxylation is 1. The molecule has 0 aromatic heterocycles. The number of hydrogen-bond acceptors (Lipinski definition) is 4. The molecule has 8 heteroatoms. The van der Waals surface area contributed by atoms with Crippen molar-refractivity contribution in [3.05, 3.63) is 52.5 Å². The number of amides is 1. The van der Waals surface area contributed by atoms with Crippen molar-refractivity contribution in [3.63, 3.8) is 0 Å². The Labute approximate surface area is 157 Å². The maximum atomic E-state index is 12.9. The third-order valence-corrected chi connectivity index (χ3v) is 5.86. The second-order valence-electron chi connectivity index (χ2n) is 6.15. The molecule has 2 aromatic carbocycles. The number of methoxy groups -OCH3 is 1. The molecule has 0 saturated heterocycles. The van der Waals surface area contributed by atoms with Crippen LogP contribution < -0.4 is 14.8 Å². The minimum atomic E-state index is -4.00. The first kappa shape index (κ1) is 18.5. The summed E-state index contributed by atoms with van der Waals surface area (Å²) in [6, 6.07) is 9.53. The maximum absolute atomic E-state index is 12.9. The zero-order valence-corrected chi connectivity index (χ0v) is 15.9. The van der Waals surface area contributed by atoms with Gasteiger partial charge in [-0.15, -0.1) is 0 Å². The van der Waals surface area contributed by atoms with Crippen molar-refractivity contribution in [2.75, 3.05) is 11.8 Å². The highest BCUT2D eigenvalue weighted by molar-refractivity contribution is 7.92. The van der Waals surface area contributed by atoms with Crippen molar-refractivity contribution < 1.29 is 17.9 Å². The molecule has 1 aliphatic carbocycles. The van der Waals surface area contributed by atoms with E-state index in [9.17, 15) is 13.2 Å². The van der Waals surface area contributed by atoms with Gasteiger partial charge in [-0.25, -0.2) is 8.42 Å². The molecule has 2 aromatic rings. The smallest absolute Gasteiger partial charge is 0.265 e. The number of carbonyl (C=O) groups excluding carboxylic acids is 1. The third kappa shape index (κ3) is 3.94. The van der Waals surface area contributed by atoms with Crippen molar-refractivity contribution in [2.45, 2.75) is 30.7 Å². The van der Waals surface area contributed by atoms with Crippen molar-refractivity contribution >= 4 is 33.2 Å². The summed E-state index contributed by atoms with van der Waals surface area (Å²) < 4.78 is 33.4. The molecule has 0 spiro atoms. The van der Waals surface area contributed by atoms with Crippen LogP contribution >= 0.6 is 11.6 Å². The van der Waals surface area contributed by atoms with Gasteiger partial charge in [0.15, 0.2) is 0 Å². The molecule has 0 bridgehead atoms. The minimum Gasteiger partial charge on any atom is -0.495 e. The van der Waals surface area contributed by atoms with Gasteiger partial charge in [-0.05, 0) is 49.6 Å². The van der Waals surface area contributed by atoms with E-state index in [2.05, 4.69) is 10.0 Å². The van der Waals surface area contributed by atoms with E-state index in [0.29, 0.717) is 10.6 Å². The second kappa shape index (κ2) is 7.17. The number of rotatable bonds is 6. The lowest BCUT2D eigenvalue weighted by atomic mass is 10.1. The Hall–Kier alpha value is -2.25. The summed E-state index contributed by atoms with van der Waals surface area (Å²) in [6.45, 7) is 1.76. The molecule has 0 unspecified atom stereocenters. The van der Waals surface area contributed by atoms with Crippen LogP contribution in [0.25, 0.3) is 0 Å². The van der Waals surface area contributed by atoms with Crippen molar-refractivity contribution in [1.29, 1.82) is 0 Å². The lowest BCUT2D eigenvalue weighted by Gasteiger charge is -2.15. The fraction of sp³-hybridized carbons (Fsp3) is 0.278. The van der Waals surface area contributed by atoms with Gasteiger partial charge in [0.2, 0.25) is 0 Å². The highest BCUT2D eigenvalue weighted by atomic mass is 35.5. The van der Waals surface area contributed by atoms with Gasteiger partial charge in [0.1, 0.15) is 10.6 Å². The van der Waals surface area contributed by atoms with Gasteiger partial charge in [0.05, 0.1) is 18.4 Å². The predicted octanol–water partition coefficient (Wildman–Crippen LogP) is 3.35. The molecule has 2 N–H and O–H groups in total. The molecule has 3 rings (SSSR count). The highest BCUT2D eigenvalue weighted by Gasteiger charge is 2.27. The van der Waals surface area contributed by atoms with Gasteiger partial charge in [-0.1, -0.05) is 23.7 Å². The van der Waals surface area contributed by atoms with E-state index in [-0.39, 0.29) is 33.8 Å². The fourth-order valence-electron chi connectivity index (χ4n) is 2.47. The summed E-state index contributed by atoms with van der Waals surface area (Å²) in [5, 5.41) is 3.17. The summed E-state index contributed by atoms with van der Waals surface area (Å²) in [5.41, 5.74) is 1.16. The number of hydrogen-bond donors (Lipinski definition) is 2. The molecular formula is C18H19ClN2O4S. The molecule has 1 fully saturated rings. The van der Waals surface area contributed by atoms with E-state index >= 15 is 0 Å². The van der Waals surface area contributed by atoms with E-state index in [1.165, 1.54) is 13.2 Å².